The molecule has 1 fully saturated rings. The molecule has 0 radical (unpaired) electrons. The minimum absolute atomic E-state index is 0.0818. The lowest BCUT2D eigenvalue weighted by Crippen LogP contribution is -2.48. The molecule has 0 N–H and O–H groups in total. The number of hydrogen-bond donors (Lipinski definition) is 0. The molecule has 0 spiro atoms. The van der Waals surface area contributed by atoms with E-state index in [1.807, 2.05) is 0 Å². The molecule has 0 aromatic carbocycles. The maximum Gasteiger partial charge on any atom is 0.272 e. The van der Waals surface area contributed by atoms with Crippen molar-refractivity contribution < 1.29 is 9.59 Å². The zero-order valence-corrected chi connectivity index (χ0v) is 10.3. The van der Waals surface area contributed by atoms with Crippen molar-refractivity contribution >= 4 is 18.0 Å². The first-order chi connectivity index (χ1) is 9.29. The molecule has 2 aromatic heterocycles. The van der Waals surface area contributed by atoms with E-state index >= 15 is 0 Å². The van der Waals surface area contributed by atoms with Crippen LogP contribution >= 0.6 is 0 Å². The van der Waals surface area contributed by atoms with Crippen molar-refractivity contribution in [2.75, 3.05) is 26.2 Å². The van der Waals surface area contributed by atoms with Gasteiger partial charge in [-0.05, 0) is 6.07 Å². The Labute approximate surface area is 109 Å². The van der Waals surface area contributed by atoms with Crippen LogP contribution in [0, 0.1) is 0 Å². The second-order valence-electron chi connectivity index (χ2n) is 4.36. The zero-order chi connectivity index (χ0) is 13.2. The molecule has 0 saturated carbocycles. The number of hydrogen-bond acceptors (Lipinski definition) is 4. The molecule has 1 saturated heterocycles. The summed E-state index contributed by atoms with van der Waals surface area (Å²) in [5, 5.41) is 4.11. The molecule has 19 heavy (non-hydrogen) atoms. The Morgan fingerprint density at radius 1 is 1.16 bits per heavy atom. The second-order valence-corrected chi connectivity index (χ2v) is 4.36. The molecule has 2 amide bonds. The van der Waals surface area contributed by atoms with Gasteiger partial charge in [0.1, 0.15) is 5.69 Å². The average molecular weight is 259 g/mol. The third-order valence-corrected chi connectivity index (χ3v) is 3.26. The molecule has 3 rings (SSSR count). The van der Waals surface area contributed by atoms with Gasteiger partial charge in [0, 0.05) is 38.4 Å². The molecule has 1 aliphatic heterocycles. The molecule has 3 heterocycles. The Morgan fingerprint density at radius 3 is 2.68 bits per heavy atom. The largest absolute Gasteiger partial charge is 0.342 e. The summed E-state index contributed by atoms with van der Waals surface area (Å²) in [6.07, 6.45) is 4.04. The molecule has 1 aliphatic rings. The fraction of sp³-hybridized carbons (Fsp3) is 0.333. The minimum atomic E-state index is -0.0818. The Hall–Kier alpha value is -2.44. The first-order valence-electron chi connectivity index (χ1n) is 6.07. The summed E-state index contributed by atoms with van der Waals surface area (Å²) in [7, 11) is 0. The molecule has 0 unspecified atom stereocenters. The molecular weight excluding hydrogens is 246 g/mol. The van der Waals surface area contributed by atoms with E-state index < -0.39 is 0 Å². The quantitative estimate of drug-likeness (QED) is 0.691. The number of carbonyl (C=O) groups is 2. The Morgan fingerprint density at radius 2 is 1.95 bits per heavy atom. The SMILES string of the molecule is O=CN1CCN(C(=O)c2ccnc3ccnn23)CC1. The van der Waals surface area contributed by atoms with Gasteiger partial charge >= 0.3 is 0 Å². The molecular formula is C12H13N5O2. The molecule has 7 heteroatoms. The topological polar surface area (TPSA) is 70.8 Å². The van der Waals surface area contributed by atoms with E-state index in [0.717, 1.165) is 6.41 Å². The lowest BCUT2D eigenvalue weighted by molar-refractivity contribution is -0.119. The van der Waals surface area contributed by atoms with E-state index in [0.29, 0.717) is 37.5 Å². The van der Waals surface area contributed by atoms with Crippen molar-refractivity contribution in [2.45, 2.75) is 0 Å². The van der Waals surface area contributed by atoms with Crippen LogP contribution in [0.4, 0.5) is 0 Å². The van der Waals surface area contributed by atoms with Gasteiger partial charge in [-0.1, -0.05) is 0 Å². The van der Waals surface area contributed by atoms with Crippen LogP contribution in [0.25, 0.3) is 5.65 Å². The van der Waals surface area contributed by atoms with Gasteiger partial charge in [-0.15, -0.1) is 0 Å². The summed E-state index contributed by atoms with van der Waals surface area (Å²) in [6.45, 7) is 2.23. The standard InChI is InChI=1S/C12H13N5O2/c18-9-15-5-7-16(8-6-15)12(19)10-1-3-13-11-2-4-14-17(10)11/h1-4,9H,5-8H2. The van der Waals surface area contributed by atoms with E-state index in [1.54, 1.807) is 34.3 Å². The number of rotatable bonds is 2. The van der Waals surface area contributed by atoms with E-state index in [1.165, 1.54) is 4.52 Å². The van der Waals surface area contributed by atoms with Gasteiger partial charge in [0.15, 0.2) is 5.65 Å². The van der Waals surface area contributed by atoms with Crippen LogP contribution in [-0.2, 0) is 4.79 Å². The lowest BCUT2D eigenvalue weighted by Gasteiger charge is -2.32. The normalized spacial score (nSPS) is 15.8. The maximum absolute atomic E-state index is 12.4. The summed E-state index contributed by atoms with van der Waals surface area (Å²) in [4.78, 5) is 30.6. The molecule has 0 bridgehead atoms. The molecule has 7 nitrogen and oxygen atoms in total. The lowest BCUT2D eigenvalue weighted by atomic mass is 10.3. The first-order valence-corrected chi connectivity index (χ1v) is 6.07. The second kappa shape index (κ2) is 4.68. The zero-order valence-electron chi connectivity index (χ0n) is 10.3. The van der Waals surface area contributed by atoms with Gasteiger partial charge in [-0.3, -0.25) is 9.59 Å². The van der Waals surface area contributed by atoms with Gasteiger partial charge in [-0.25, -0.2) is 9.50 Å². The van der Waals surface area contributed by atoms with E-state index in [2.05, 4.69) is 10.1 Å². The highest BCUT2D eigenvalue weighted by Gasteiger charge is 2.23. The average Bonchev–Trinajstić information content (AvgIpc) is 2.95. The monoisotopic (exact) mass is 259 g/mol. The van der Waals surface area contributed by atoms with Crippen LogP contribution in [0.1, 0.15) is 10.5 Å². The van der Waals surface area contributed by atoms with Crippen LogP contribution in [0.2, 0.25) is 0 Å². The third kappa shape index (κ3) is 2.03. The molecule has 0 atom stereocenters. The number of aromatic nitrogens is 3. The summed E-state index contributed by atoms with van der Waals surface area (Å²) in [5.74, 6) is -0.0818. The summed E-state index contributed by atoms with van der Waals surface area (Å²) < 4.78 is 1.54. The summed E-state index contributed by atoms with van der Waals surface area (Å²) in [5.41, 5.74) is 1.15. The number of amides is 2. The predicted octanol–water partition coefficient (Wildman–Crippen LogP) is -0.357. The van der Waals surface area contributed by atoms with Crippen LogP contribution in [0.5, 0.6) is 0 Å². The van der Waals surface area contributed by atoms with Crippen molar-refractivity contribution in [3.05, 3.63) is 30.2 Å². The van der Waals surface area contributed by atoms with Gasteiger partial charge in [0.2, 0.25) is 6.41 Å². The number of nitrogens with zero attached hydrogens (tertiary/aromatic N) is 5. The number of piperazine rings is 1. The van der Waals surface area contributed by atoms with E-state index in [9.17, 15) is 9.59 Å². The number of fused-ring (bicyclic) bond motifs is 1. The van der Waals surface area contributed by atoms with Crippen LogP contribution in [-0.4, -0.2) is 62.9 Å². The highest BCUT2D eigenvalue weighted by molar-refractivity contribution is 5.93. The van der Waals surface area contributed by atoms with E-state index in [-0.39, 0.29) is 5.91 Å². The van der Waals surface area contributed by atoms with Crippen LogP contribution in [0.15, 0.2) is 24.5 Å². The fourth-order valence-corrected chi connectivity index (χ4v) is 2.19. The third-order valence-electron chi connectivity index (χ3n) is 3.26. The van der Waals surface area contributed by atoms with Crippen molar-refractivity contribution in [1.82, 2.24) is 24.4 Å². The Kier molecular flexibility index (Phi) is 2.86. The van der Waals surface area contributed by atoms with E-state index in [4.69, 9.17) is 0 Å². The van der Waals surface area contributed by atoms with Crippen molar-refractivity contribution in [3.63, 3.8) is 0 Å². The van der Waals surface area contributed by atoms with Gasteiger partial charge in [0.25, 0.3) is 5.91 Å². The number of carbonyl (C=O) groups excluding carboxylic acids is 2. The van der Waals surface area contributed by atoms with Crippen molar-refractivity contribution in [3.8, 4) is 0 Å². The van der Waals surface area contributed by atoms with Crippen LogP contribution < -0.4 is 0 Å². The van der Waals surface area contributed by atoms with Crippen molar-refractivity contribution in [2.24, 2.45) is 0 Å². The maximum atomic E-state index is 12.4. The first kappa shape index (κ1) is 11.6. The molecule has 98 valence electrons. The summed E-state index contributed by atoms with van der Waals surface area (Å²) in [6, 6.07) is 3.41. The minimum Gasteiger partial charge on any atom is -0.342 e. The Balaban J connectivity index is 1.84. The van der Waals surface area contributed by atoms with Gasteiger partial charge in [0.05, 0.1) is 6.20 Å². The molecule has 0 aliphatic carbocycles. The smallest absolute Gasteiger partial charge is 0.272 e. The van der Waals surface area contributed by atoms with Crippen molar-refractivity contribution in [1.29, 1.82) is 0 Å². The van der Waals surface area contributed by atoms with Crippen LogP contribution in [0.3, 0.4) is 0 Å². The van der Waals surface area contributed by atoms with Gasteiger partial charge < -0.3 is 9.80 Å². The highest BCUT2D eigenvalue weighted by atomic mass is 16.2. The Bertz CT molecular complexity index is 615. The predicted molar refractivity (Wildman–Crippen MR) is 66.5 cm³/mol. The molecule has 2 aromatic rings. The highest BCUT2D eigenvalue weighted by Crippen LogP contribution is 2.09. The fourth-order valence-electron chi connectivity index (χ4n) is 2.19. The van der Waals surface area contributed by atoms with Gasteiger partial charge in [-0.2, -0.15) is 5.10 Å². The summed E-state index contributed by atoms with van der Waals surface area (Å²) >= 11 is 0.